The molecule has 0 aliphatic carbocycles. The molecule has 0 bridgehead atoms. The van der Waals surface area contributed by atoms with Crippen LogP contribution in [0.2, 0.25) is 0 Å². The maximum Gasteiger partial charge on any atom is 0.315 e. The molecule has 0 aliphatic heterocycles. The van der Waals surface area contributed by atoms with E-state index in [1.54, 1.807) is 36.0 Å². The number of carbonyl (C=O) groups excluding carboxylic acids is 1. The zero-order valence-electron chi connectivity index (χ0n) is 10.8. The third-order valence-electron chi connectivity index (χ3n) is 2.59. The molecular formula is C13H20N2O2S. The van der Waals surface area contributed by atoms with Gasteiger partial charge in [-0.05, 0) is 30.4 Å². The first kappa shape index (κ1) is 14.7. The summed E-state index contributed by atoms with van der Waals surface area (Å²) in [6.45, 7) is 2.52. The summed E-state index contributed by atoms with van der Waals surface area (Å²) in [5.41, 5.74) is 0.959. The summed E-state index contributed by atoms with van der Waals surface area (Å²) in [4.78, 5) is 11.6. The van der Waals surface area contributed by atoms with Crippen LogP contribution in [0.1, 0.15) is 18.9 Å². The largest absolute Gasteiger partial charge is 0.508 e. The third-order valence-corrected chi connectivity index (χ3v) is 3.32. The van der Waals surface area contributed by atoms with Crippen LogP contribution < -0.4 is 10.6 Å². The predicted octanol–water partition coefficient (Wildman–Crippen LogP) is 2.33. The summed E-state index contributed by atoms with van der Waals surface area (Å²) in [7, 11) is 0. The van der Waals surface area contributed by atoms with E-state index in [0.717, 1.165) is 17.7 Å². The van der Waals surface area contributed by atoms with Gasteiger partial charge < -0.3 is 15.7 Å². The van der Waals surface area contributed by atoms with Crippen molar-refractivity contribution >= 4 is 17.8 Å². The van der Waals surface area contributed by atoms with Crippen LogP contribution in [0.5, 0.6) is 5.75 Å². The molecule has 0 spiro atoms. The van der Waals surface area contributed by atoms with Crippen LogP contribution in [-0.4, -0.2) is 29.2 Å². The Labute approximate surface area is 112 Å². The van der Waals surface area contributed by atoms with Crippen molar-refractivity contribution in [1.82, 2.24) is 10.6 Å². The van der Waals surface area contributed by atoms with Crippen molar-refractivity contribution in [3.8, 4) is 5.75 Å². The summed E-state index contributed by atoms with van der Waals surface area (Å²) >= 11 is 1.72. The Kier molecular flexibility index (Phi) is 6.43. The topological polar surface area (TPSA) is 61.4 Å². The maximum atomic E-state index is 11.6. The molecule has 5 heteroatoms. The highest BCUT2D eigenvalue weighted by Gasteiger charge is 2.08. The van der Waals surface area contributed by atoms with Crippen molar-refractivity contribution < 1.29 is 9.90 Å². The smallest absolute Gasteiger partial charge is 0.315 e. The lowest BCUT2D eigenvalue weighted by molar-refractivity contribution is 0.237. The lowest BCUT2D eigenvalue weighted by Gasteiger charge is -2.16. The van der Waals surface area contributed by atoms with Crippen LogP contribution in [0, 0.1) is 0 Å². The number of rotatable bonds is 6. The number of urea groups is 1. The number of phenolic OH excluding ortho intramolecular Hbond substituents is 1. The molecule has 1 atom stereocenters. The second kappa shape index (κ2) is 7.87. The molecule has 0 aromatic heterocycles. The van der Waals surface area contributed by atoms with Crippen molar-refractivity contribution in [2.45, 2.75) is 25.9 Å². The first-order valence-electron chi connectivity index (χ1n) is 5.97. The average molecular weight is 268 g/mol. The number of benzene rings is 1. The van der Waals surface area contributed by atoms with Gasteiger partial charge in [-0.1, -0.05) is 19.1 Å². The number of hydrogen-bond donors (Lipinski definition) is 3. The molecule has 3 N–H and O–H groups in total. The normalized spacial score (nSPS) is 11.9. The molecule has 0 unspecified atom stereocenters. The maximum absolute atomic E-state index is 11.6. The minimum Gasteiger partial charge on any atom is -0.508 e. The fourth-order valence-corrected chi connectivity index (χ4v) is 2.22. The number of amides is 2. The van der Waals surface area contributed by atoms with E-state index in [2.05, 4.69) is 17.6 Å². The fraction of sp³-hybridized carbons (Fsp3) is 0.462. The molecule has 1 aromatic carbocycles. The Bertz CT molecular complexity index is 368. The molecule has 0 saturated carbocycles. The second-order valence-corrected chi connectivity index (χ2v) is 4.96. The van der Waals surface area contributed by atoms with Gasteiger partial charge in [0.15, 0.2) is 0 Å². The molecule has 18 heavy (non-hydrogen) atoms. The van der Waals surface area contributed by atoms with E-state index in [0.29, 0.717) is 6.54 Å². The van der Waals surface area contributed by atoms with E-state index in [1.165, 1.54) is 0 Å². The van der Waals surface area contributed by atoms with Crippen LogP contribution in [0.15, 0.2) is 24.3 Å². The van der Waals surface area contributed by atoms with Gasteiger partial charge in [-0.2, -0.15) is 11.8 Å². The van der Waals surface area contributed by atoms with Gasteiger partial charge >= 0.3 is 6.03 Å². The molecule has 0 aliphatic rings. The van der Waals surface area contributed by atoms with Gasteiger partial charge in [-0.3, -0.25) is 0 Å². The van der Waals surface area contributed by atoms with Crippen LogP contribution in [-0.2, 0) is 6.54 Å². The van der Waals surface area contributed by atoms with Crippen LogP contribution in [0.25, 0.3) is 0 Å². The van der Waals surface area contributed by atoms with E-state index < -0.39 is 0 Å². The molecule has 0 saturated heterocycles. The minimum atomic E-state index is -0.149. The van der Waals surface area contributed by atoms with Gasteiger partial charge in [0.05, 0.1) is 0 Å². The average Bonchev–Trinajstić information content (AvgIpc) is 2.37. The van der Waals surface area contributed by atoms with Crippen molar-refractivity contribution in [2.24, 2.45) is 0 Å². The zero-order valence-corrected chi connectivity index (χ0v) is 11.6. The van der Waals surface area contributed by atoms with Gasteiger partial charge in [0.2, 0.25) is 0 Å². The Morgan fingerprint density at radius 1 is 1.39 bits per heavy atom. The molecular weight excluding hydrogens is 248 g/mol. The first-order chi connectivity index (χ1) is 8.65. The number of hydrogen-bond acceptors (Lipinski definition) is 3. The molecule has 100 valence electrons. The van der Waals surface area contributed by atoms with Gasteiger partial charge in [0.1, 0.15) is 5.75 Å². The number of carbonyl (C=O) groups is 1. The lowest BCUT2D eigenvalue weighted by atomic mass is 10.2. The number of nitrogens with one attached hydrogen (secondary N) is 2. The van der Waals surface area contributed by atoms with Gasteiger partial charge in [0, 0.05) is 18.3 Å². The SMILES string of the molecule is CC[C@H](CSC)NC(=O)NCc1ccc(O)cc1. The van der Waals surface area contributed by atoms with Crippen molar-refractivity contribution in [3.05, 3.63) is 29.8 Å². The molecule has 4 nitrogen and oxygen atoms in total. The Morgan fingerprint density at radius 3 is 2.61 bits per heavy atom. The summed E-state index contributed by atoms with van der Waals surface area (Å²) in [6, 6.07) is 6.85. The van der Waals surface area contributed by atoms with E-state index in [1.807, 2.05) is 6.26 Å². The number of phenols is 1. The van der Waals surface area contributed by atoms with Crippen molar-refractivity contribution in [3.63, 3.8) is 0 Å². The quantitative estimate of drug-likeness (QED) is 0.742. The highest BCUT2D eigenvalue weighted by atomic mass is 32.2. The first-order valence-corrected chi connectivity index (χ1v) is 7.36. The summed E-state index contributed by atoms with van der Waals surface area (Å²) in [5.74, 6) is 1.15. The standard InChI is InChI=1S/C13H20N2O2S/c1-3-11(9-18-2)15-13(17)14-8-10-4-6-12(16)7-5-10/h4-7,11,16H,3,8-9H2,1-2H3,(H2,14,15,17)/t11-/m1/s1. The number of aromatic hydroxyl groups is 1. The Balaban J connectivity index is 2.34. The summed E-state index contributed by atoms with van der Waals surface area (Å²) < 4.78 is 0. The zero-order chi connectivity index (χ0) is 13.4. The molecule has 2 amide bonds. The minimum absolute atomic E-state index is 0.149. The summed E-state index contributed by atoms with van der Waals surface area (Å²) in [5, 5.41) is 14.9. The van der Waals surface area contributed by atoms with E-state index in [-0.39, 0.29) is 17.8 Å². The van der Waals surface area contributed by atoms with E-state index in [9.17, 15) is 4.79 Å². The van der Waals surface area contributed by atoms with Gasteiger partial charge in [-0.15, -0.1) is 0 Å². The van der Waals surface area contributed by atoms with E-state index >= 15 is 0 Å². The van der Waals surface area contributed by atoms with Gasteiger partial charge in [0.25, 0.3) is 0 Å². The fourth-order valence-electron chi connectivity index (χ4n) is 1.50. The molecule has 1 aromatic rings. The van der Waals surface area contributed by atoms with Crippen LogP contribution in [0.3, 0.4) is 0 Å². The van der Waals surface area contributed by atoms with E-state index in [4.69, 9.17) is 5.11 Å². The van der Waals surface area contributed by atoms with Gasteiger partial charge in [-0.25, -0.2) is 4.79 Å². The number of thioether (sulfide) groups is 1. The third kappa shape index (κ3) is 5.31. The van der Waals surface area contributed by atoms with Crippen LogP contribution in [0.4, 0.5) is 4.79 Å². The highest BCUT2D eigenvalue weighted by Crippen LogP contribution is 2.09. The predicted molar refractivity (Wildman–Crippen MR) is 75.9 cm³/mol. The van der Waals surface area contributed by atoms with Crippen molar-refractivity contribution in [2.75, 3.05) is 12.0 Å². The Hall–Kier alpha value is -1.36. The monoisotopic (exact) mass is 268 g/mol. The Morgan fingerprint density at radius 2 is 2.06 bits per heavy atom. The lowest BCUT2D eigenvalue weighted by Crippen LogP contribution is -2.42. The summed E-state index contributed by atoms with van der Waals surface area (Å²) in [6.07, 6.45) is 2.95. The highest BCUT2D eigenvalue weighted by molar-refractivity contribution is 7.98. The molecule has 1 rings (SSSR count). The molecule has 0 heterocycles. The molecule has 0 radical (unpaired) electrons. The van der Waals surface area contributed by atoms with Crippen LogP contribution >= 0.6 is 11.8 Å². The second-order valence-electron chi connectivity index (χ2n) is 4.05. The molecule has 0 fully saturated rings. The van der Waals surface area contributed by atoms with Crippen molar-refractivity contribution in [1.29, 1.82) is 0 Å².